The van der Waals surface area contributed by atoms with Crippen LogP contribution in [0.5, 0.6) is 11.6 Å². The van der Waals surface area contributed by atoms with Crippen molar-refractivity contribution in [1.29, 1.82) is 0 Å². The summed E-state index contributed by atoms with van der Waals surface area (Å²) < 4.78 is 25.7. The molecule has 6 aromatic rings. The number of nitrogens with one attached hydrogen (secondary N) is 2. The first kappa shape index (κ1) is 41.0. The maximum Gasteiger partial charge on any atom is 0.254 e. The SMILES string of the molecule is Cc1ncsc1-c1ccc([C@H](C)NC(=O)[C@@H]2C[C@@H](O)CN2C(=O)[C@@H](c2cc(OCCN3C[C@@H]4C(c5cc6cc(-c7cc(F)cc(Cl)c7O)nnc6[nH]5)[C@@H]4C3)no2)C(C)C)cc1. The molecule has 1 aliphatic carbocycles. The number of H-pyrrole nitrogens is 1. The predicted molar refractivity (Wildman–Crippen MR) is 227 cm³/mol. The zero-order valence-corrected chi connectivity index (χ0v) is 35.6. The van der Waals surface area contributed by atoms with Crippen molar-refractivity contribution in [2.45, 2.75) is 64.1 Å². The van der Waals surface area contributed by atoms with Gasteiger partial charge in [-0.2, -0.15) is 0 Å². The third kappa shape index (κ3) is 8.09. The summed E-state index contributed by atoms with van der Waals surface area (Å²) in [6, 6.07) is 14.5. The fourth-order valence-electron chi connectivity index (χ4n) is 9.16. The van der Waals surface area contributed by atoms with E-state index in [4.69, 9.17) is 20.9 Å². The molecule has 318 valence electrons. The van der Waals surface area contributed by atoms with Gasteiger partial charge in [0.2, 0.25) is 11.8 Å². The van der Waals surface area contributed by atoms with Crippen molar-refractivity contribution in [3.63, 3.8) is 0 Å². The summed E-state index contributed by atoms with van der Waals surface area (Å²) in [5.41, 5.74) is 6.99. The summed E-state index contributed by atoms with van der Waals surface area (Å²) in [7, 11) is 0. The molecular formula is C44H46ClFN8O6S. The first-order valence-electron chi connectivity index (χ1n) is 20.5. The summed E-state index contributed by atoms with van der Waals surface area (Å²) in [5, 5.41) is 37.5. The monoisotopic (exact) mass is 868 g/mol. The largest absolute Gasteiger partial charge is 0.506 e. The quantitative estimate of drug-likeness (QED) is 0.0953. The molecule has 6 heterocycles. The number of aliphatic hydroxyl groups is 1. The number of likely N-dealkylation sites (tertiary alicyclic amines) is 2. The molecule has 14 nitrogen and oxygen atoms in total. The lowest BCUT2D eigenvalue weighted by molar-refractivity contribution is -0.141. The second-order valence-corrected chi connectivity index (χ2v) is 18.1. The number of phenols is 1. The Hall–Kier alpha value is -5.42. The summed E-state index contributed by atoms with van der Waals surface area (Å²) in [6.07, 6.45) is -0.694. The zero-order chi connectivity index (χ0) is 42.7. The number of piperidine rings is 1. The minimum Gasteiger partial charge on any atom is -0.506 e. The number of ether oxygens (including phenoxy) is 1. The van der Waals surface area contributed by atoms with E-state index in [2.05, 4.69) is 35.5 Å². The molecular weight excluding hydrogens is 823 g/mol. The highest BCUT2D eigenvalue weighted by molar-refractivity contribution is 7.13. The first-order chi connectivity index (χ1) is 29.3. The van der Waals surface area contributed by atoms with Crippen LogP contribution >= 0.6 is 22.9 Å². The van der Waals surface area contributed by atoms with Crippen molar-refractivity contribution < 1.29 is 33.5 Å². The van der Waals surface area contributed by atoms with E-state index >= 15 is 0 Å². The highest BCUT2D eigenvalue weighted by Crippen LogP contribution is 2.58. The van der Waals surface area contributed by atoms with Crippen LogP contribution in [0.2, 0.25) is 5.02 Å². The van der Waals surface area contributed by atoms with Crippen molar-refractivity contribution in [1.82, 2.24) is 40.4 Å². The third-order valence-electron chi connectivity index (χ3n) is 12.4. The Morgan fingerprint density at radius 3 is 2.57 bits per heavy atom. The molecule has 61 heavy (non-hydrogen) atoms. The van der Waals surface area contributed by atoms with E-state index in [1.165, 1.54) is 11.0 Å². The van der Waals surface area contributed by atoms with Crippen molar-refractivity contribution in [3.8, 4) is 33.3 Å². The van der Waals surface area contributed by atoms with Crippen LogP contribution in [0.3, 0.4) is 0 Å². The summed E-state index contributed by atoms with van der Waals surface area (Å²) in [5.74, 6) is -0.428. The topological polar surface area (TPSA) is 183 Å². The summed E-state index contributed by atoms with van der Waals surface area (Å²) in [6.45, 7) is 10.6. The molecule has 2 saturated heterocycles. The van der Waals surface area contributed by atoms with Gasteiger partial charge >= 0.3 is 0 Å². The fourth-order valence-corrected chi connectivity index (χ4v) is 10.2. The van der Waals surface area contributed by atoms with Gasteiger partial charge in [0.25, 0.3) is 5.88 Å². The number of aliphatic hydroxyl groups excluding tert-OH is 1. The molecule has 0 radical (unpaired) electrons. The number of thiazole rings is 1. The minimum absolute atomic E-state index is 0.0422. The van der Waals surface area contributed by atoms with E-state index in [1.807, 2.05) is 63.5 Å². The Labute approximate surface area is 360 Å². The number of rotatable bonds is 13. The molecule has 3 aliphatic rings. The van der Waals surface area contributed by atoms with E-state index in [0.29, 0.717) is 48.0 Å². The van der Waals surface area contributed by atoms with Crippen LogP contribution in [0.4, 0.5) is 4.39 Å². The number of benzene rings is 2. The lowest BCUT2D eigenvalue weighted by Gasteiger charge is -2.29. The van der Waals surface area contributed by atoms with Crippen LogP contribution in [0, 0.1) is 30.5 Å². The standard InChI is InChI=1S/C44H46ClFN8O6S/c1-21(2)38(44(58)54-17-28(55)15-35(54)43(57)48-22(3)24-5-7-25(8-6-24)41-23(4)47-20-61-41)36-16-37(52-60-36)59-10-9-53-18-30-31(19-53)39(30)34-12-26-11-33(50-51-42(26)49-34)29-13-27(46)14-32(45)40(29)56/h5-8,11-14,16,20-22,28,30-31,35,38-39,55-56H,9-10,15,17-19H2,1-4H3,(H,48,57)(H,49,51)/t22-,28+,30-,31+,35-,38+,39?/m0/s1. The van der Waals surface area contributed by atoms with Crippen LogP contribution in [0.1, 0.15) is 67.8 Å². The molecule has 2 aliphatic heterocycles. The van der Waals surface area contributed by atoms with Crippen LogP contribution < -0.4 is 10.1 Å². The van der Waals surface area contributed by atoms with Gasteiger partial charge < -0.3 is 34.7 Å². The molecule has 2 amide bonds. The van der Waals surface area contributed by atoms with E-state index in [9.17, 15) is 24.2 Å². The molecule has 1 unspecified atom stereocenters. The second kappa shape index (κ2) is 16.5. The van der Waals surface area contributed by atoms with Crippen molar-refractivity contribution in [2.75, 3.05) is 32.8 Å². The van der Waals surface area contributed by atoms with E-state index in [1.54, 1.807) is 23.5 Å². The fraction of sp³-hybridized carbons (Fsp3) is 0.409. The number of carbonyl (C=O) groups excluding carboxylic acids is 2. The number of aromatic amines is 1. The number of halogens is 2. The molecule has 17 heteroatoms. The molecule has 7 atom stereocenters. The molecule has 0 bridgehead atoms. The highest BCUT2D eigenvalue weighted by Gasteiger charge is 2.56. The average molecular weight is 869 g/mol. The molecule has 0 spiro atoms. The predicted octanol–water partition coefficient (Wildman–Crippen LogP) is 6.85. The Bertz CT molecular complexity index is 2590. The van der Waals surface area contributed by atoms with E-state index < -0.39 is 23.9 Å². The number of aromatic hydroxyl groups is 1. The van der Waals surface area contributed by atoms with Crippen LogP contribution in [-0.4, -0.2) is 102 Å². The Kier molecular flexibility index (Phi) is 11.0. The van der Waals surface area contributed by atoms with Gasteiger partial charge in [-0.15, -0.1) is 21.5 Å². The third-order valence-corrected chi connectivity index (χ3v) is 13.6. The Morgan fingerprint density at radius 2 is 1.85 bits per heavy atom. The maximum atomic E-state index is 14.2. The summed E-state index contributed by atoms with van der Waals surface area (Å²) >= 11 is 7.57. The number of phenolic OH excluding ortho intramolecular Hbond substituents is 1. The zero-order valence-electron chi connectivity index (χ0n) is 34.0. The van der Waals surface area contributed by atoms with Gasteiger partial charge in [-0.3, -0.25) is 14.5 Å². The average Bonchev–Trinajstić information content (AvgIpc) is 3.92. The number of aryl methyl sites for hydroxylation is 1. The van der Waals surface area contributed by atoms with Gasteiger partial charge in [-0.25, -0.2) is 9.37 Å². The number of hydrogen-bond acceptors (Lipinski definition) is 12. The number of aromatic nitrogens is 5. The highest BCUT2D eigenvalue weighted by atomic mass is 35.5. The minimum atomic E-state index is -0.838. The maximum absolute atomic E-state index is 14.2. The molecule has 1 saturated carbocycles. The number of carbonyl (C=O) groups is 2. The van der Waals surface area contributed by atoms with Gasteiger partial charge in [0.15, 0.2) is 11.4 Å². The molecule has 9 rings (SSSR count). The number of β-amino-alcohol motifs (C(OH)–C–C–N with tert-alkyl or cyclic N) is 1. The van der Waals surface area contributed by atoms with Gasteiger partial charge in [-0.05, 0) is 72.2 Å². The Morgan fingerprint density at radius 1 is 1.08 bits per heavy atom. The van der Waals surface area contributed by atoms with E-state index in [0.717, 1.165) is 51.9 Å². The first-order valence-corrected chi connectivity index (χ1v) is 21.7. The van der Waals surface area contributed by atoms with Gasteiger partial charge in [0.1, 0.15) is 30.1 Å². The van der Waals surface area contributed by atoms with Crippen LogP contribution in [0.15, 0.2) is 64.6 Å². The molecule has 4 N–H and O–H groups in total. The lowest BCUT2D eigenvalue weighted by atomic mass is 9.91. The normalized spacial score (nSPS) is 22.2. The molecule has 4 aromatic heterocycles. The van der Waals surface area contributed by atoms with E-state index in [-0.39, 0.29) is 59.0 Å². The number of nitrogens with zero attached hydrogens (tertiary/aromatic N) is 6. The smallest absolute Gasteiger partial charge is 0.254 e. The van der Waals surface area contributed by atoms with Gasteiger partial charge in [0.05, 0.1) is 38.9 Å². The van der Waals surface area contributed by atoms with Crippen molar-refractivity contribution in [2.24, 2.45) is 17.8 Å². The number of hydrogen-bond donors (Lipinski definition) is 4. The second-order valence-electron chi connectivity index (χ2n) is 16.8. The molecule has 3 fully saturated rings. The molecule has 2 aromatic carbocycles. The van der Waals surface area contributed by atoms with Crippen molar-refractivity contribution >= 4 is 45.8 Å². The van der Waals surface area contributed by atoms with Gasteiger partial charge in [0, 0.05) is 61.2 Å². The van der Waals surface area contributed by atoms with Crippen LogP contribution in [0.25, 0.3) is 32.7 Å². The van der Waals surface area contributed by atoms with Gasteiger partial charge in [-0.1, -0.05) is 49.7 Å². The van der Waals surface area contributed by atoms with Crippen molar-refractivity contribution in [3.05, 3.63) is 93.7 Å². The van der Waals surface area contributed by atoms with Crippen LogP contribution in [-0.2, 0) is 9.59 Å². The number of amides is 2. The lowest BCUT2D eigenvalue weighted by Crippen LogP contribution is -2.48. The Balaban J connectivity index is 0.773. The number of fused-ring (bicyclic) bond motifs is 2. The summed E-state index contributed by atoms with van der Waals surface area (Å²) in [4.78, 5) is 40.5.